The SMILES string of the molecule is CCC(Br)Cc1ccnc(OC)c1. The standard InChI is InChI=1S/C10H14BrNO/c1-3-9(11)6-8-4-5-12-10(7-8)13-2/h4-5,7,9H,3,6H2,1-2H3. The number of aromatic nitrogens is 1. The van der Waals surface area contributed by atoms with Gasteiger partial charge in [-0.3, -0.25) is 0 Å². The number of hydrogen-bond acceptors (Lipinski definition) is 2. The molecule has 0 saturated heterocycles. The first kappa shape index (κ1) is 10.5. The van der Waals surface area contributed by atoms with Crippen LogP contribution in [-0.4, -0.2) is 16.9 Å². The predicted octanol–water partition coefficient (Wildman–Crippen LogP) is 2.81. The van der Waals surface area contributed by atoms with Gasteiger partial charge in [0, 0.05) is 17.1 Å². The fraction of sp³-hybridized carbons (Fsp3) is 0.500. The highest BCUT2D eigenvalue weighted by Crippen LogP contribution is 2.15. The largest absolute Gasteiger partial charge is 0.481 e. The van der Waals surface area contributed by atoms with Crippen molar-refractivity contribution in [2.24, 2.45) is 0 Å². The molecule has 1 aromatic rings. The molecular formula is C10H14BrNO. The van der Waals surface area contributed by atoms with Crippen molar-refractivity contribution in [3.05, 3.63) is 23.9 Å². The van der Waals surface area contributed by atoms with Gasteiger partial charge in [0.15, 0.2) is 0 Å². The Balaban J connectivity index is 2.66. The van der Waals surface area contributed by atoms with E-state index in [9.17, 15) is 0 Å². The molecule has 0 radical (unpaired) electrons. The molecule has 72 valence electrons. The maximum absolute atomic E-state index is 5.04. The first-order valence-corrected chi connectivity index (χ1v) is 5.30. The minimum Gasteiger partial charge on any atom is -0.481 e. The van der Waals surface area contributed by atoms with Gasteiger partial charge < -0.3 is 4.74 Å². The predicted molar refractivity (Wildman–Crippen MR) is 57.5 cm³/mol. The van der Waals surface area contributed by atoms with Crippen molar-refractivity contribution in [3.63, 3.8) is 0 Å². The molecular weight excluding hydrogens is 230 g/mol. The van der Waals surface area contributed by atoms with Crippen LogP contribution in [0.2, 0.25) is 0 Å². The van der Waals surface area contributed by atoms with Gasteiger partial charge in [0.1, 0.15) is 0 Å². The third-order valence-electron chi connectivity index (χ3n) is 1.91. The summed E-state index contributed by atoms with van der Waals surface area (Å²) >= 11 is 3.60. The molecule has 3 heteroatoms. The van der Waals surface area contributed by atoms with Crippen molar-refractivity contribution in [2.75, 3.05) is 7.11 Å². The van der Waals surface area contributed by atoms with Crippen molar-refractivity contribution in [1.29, 1.82) is 0 Å². The van der Waals surface area contributed by atoms with E-state index < -0.39 is 0 Å². The Bertz CT molecular complexity index is 265. The lowest BCUT2D eigenvalue weighted by molar-refractivity contribution is 0.397. The molecule has 0 aliphatic rings. The maximum Gasteiger partial charge on any atom is 0.213 e. The summed E-state index contributed by atoms with van der Waals surface area (Å²) in [6.07, 6.45) is 3.93. The van der Waals surface area contributed by atoms with Gasteiger partial charge >= 0.3 is 0 Å². The molecule has 1 unspecified atom stereocenters. The Morgan fingerprint density at radius 1 is 1.62 bits per heavy atom. The fourth-order valence-electron chi connectivity index (χ4n) is 1.09. The van der Waals surface area contributed by atoms with Crippen LogP contribution in [0.1, 0.15) is 18.9 Å². The number of hydrogen-bond donors (Lipinski definition) is 0. The monoisotopic (exact) mass is 243 g/mol. The summed E-state index contributed by atoms with van der Waals surface area (Å²) in [4.78, 5) is 4.59. The van der Waals surface area contributed by atoms with E-state index in [0.29, 0.717) is 10.7 Å². The number of alkyl halides is 1. The highest BCUT2D eigenvalue weighted by molar-refractivity contribution is 9.09. The van der Waals surface area contributed by atoms with Crippen molar-refractivity contribution >= 4 is 15.9 Å². The van der Waals surface area contributed by atoms with Crippen LogP contribution in [0, 0.1) is 0 Å². The summed E-state index contributed by atoms with van der Waals surface area (Å²) in [5.74, 6) is 0.688. The Morgan fingerprint density at radius 3 is 3.00 bits per heavy atom. The minimum absolute atomic E-state index is 0.541. The molecule has 1 atom stereocenters. The van der Waals surface area contributed by atoms with Crippen LogP contribution in [0.15, 0.2) is 18.3 Å². The zero-order chi connectivity index (χ0) is 9.68. The summed E-state index contributed by atoms with van der Waals surface area (Å²) in [6, 6.07) is 4.00. The number of rotatable bonds is 4. The molecule has 0 aromatic carbocycles. The third kappa shape index (κ3) is 3.35. The van der Waals surface area contributed by atoms with Crippen molar-refractivity contribution in [2.45, 2.75) is 24.6 Å². The molecule has 0 N–H and O–H groups in total. The van der Waals surface area contributed by atoms with E-state index in [0.717, 1.165) is 12.8 Å². The Kier molecular flexibility index (Phi) is 4.22. The van der Waals surface area contributed by atoms with E-state index >= 15 is 0 Å². The number of methoxy groups -OCH3 is 1. The molecule has 13 heavy (non-hydrogen) atoms. The average Bonchev–Trinajstić information content (AvgIpc) is 2.18. The normalized spacial score (nSPS) is 12.5. The molecule has 1 heterocycles. The molecule has 0 fully saturated rings. The quantitative estimate of drug-likeness (QED) is 0.760. The number of ether oxygens (including phenoxy) is 1. The second-order valence-corrected chi connectivity index (χ2v) is 4.21. The Hall–Kier alpha value is -0.570. The van der Waals surface area contributed by atoms with Crippen LogP contribution < -0.4 is 4.74 Å². The second kappa shape index (κ2) is 5.22. The highest BCUT2D eigenvalue weighted by atomic mass is 79.9. The van der Waals surface area contributed by atoms with Crippen molar-refractivity contribution < 1.29 is 4.74 Å². The average molecular weight is 244 g/mol. The Labute approximate surface area is 87.5 Å². The molecule has 0 spiro atoms. The van der Waals surface area contributed by atoms with Gasteiger partial charge in [0.25, 0.3) is 0 Å². The van der Waals surface area contributed by atoms with Gasteiger partial charge in [0.2, 0.25) is 5.88 Å². The zero-order valence-corrected chi connectivity index (χ0v) is 9.54. The molecule has 0 amide bonds. The number of pyridine rings is 1. The lowest BCUT2D eigenvalue weighted by Crippen LogP contribution is -2.01. The van der Waals surface area contributed by atoms with E-state index in [4.69, 9.17) is 4.74 Å². The van der Waals surface area contributed by atoms with E-state index in [1.165, 1.54) is 5.56 Å². The van der Waals surface area contributed by atoms with Crippen LogP contribution in [0.3, 0.4) is 0 Å². The molecule has 0 bridgehead atoms. The molecule has 2 nitrogen and oxygen atoms in total. The van der Waals surface area contributed by atoms with Gasteiger partial charge in [-0.25, -0.2) is 4.98 Å². The van der Waals surface area contributed by atoms with Crippen LogP contribution in [0.4, 0.5) is 0 Å². The Morgan fingerprint density at radius 2 is 2.38 bits per heavy atom. The number of halogens is 1. The lowest BCUT2D eigenvalue weighted by Gasteiger charge is -2.07. The highest BCUT2D eigenvalue weighted by Gasteiger charge is 2.03. The maximum atomic E-state index is 5.04. The zero-order valence-electron chi connectivity index (χ0n) is 7.96. The van der Waals surface area contributed by atoms with Crippen LogP contribution in [-0.2, 0) is 6.42 Å². The van der Waals surface area contributed by atoms with Gasteiger partial charge in [-0.05, 0) is 24.5 Å². The lowest BCUT2D eigenvalue weighted by atomic mass is 10.1. The fourth-order valence-corrected chi connectivity index (χ4v) is 1.46. The second-order valence-electron chi connectivity index (χ2n) is 2.92. The van der Waals surface area contributed by atoms with E-state index in [1.807, 2.05) is 12.1 Å². The number of nitrogens with zero attached hydrogens (tertiary/aromatic N) is 1. The van der Waals surface area contributed by atoms with Crippen molar-refractivity contribution in [1.82, 2.24) is 4.98 Å². The van der Waals surface area contributed by atoms with Crippen LogP contribution in [0.25, 0.3) is 0 Å². The molecule has 0 aliphatic heterocycles. The summed E-state index contributed by atoms with van der Waals surface area (Å²) in [6.45, 7) is 2.16. The minimum atomic E-state index is 0.541. The van der Waals surface area contributed by atoms with E-state index in [1.54, 1.807) is 13.3 Å². The van der Waals surface area contributed by atoms with Crippen molar-refractivity contribution in [3.8, 4) is 5.88 Å². The summed E-state index contributed by atoms with van der Waals surface area (Å²) in [7, 11) is 1.64. The van der Waals surface area contributed by atoms with Gasteiger partial charge in [0.05, 0.1) is 7.11 Å². The van der Waals surface area contributed by atoms with E-state index in [-0.39, 0.29) is 0 Å². The smallest absolute Gasteiger partial charge is 0.213 e. The topological polar surface area (TPSA) is 22.1 Å². The van der Waals surface area contributed by atoms with E-state index in [2.05, 4.69) is 27.8 Å². The summed E-state index contributed by atoms with van der Waals surface area (Å²) in [5, 5.41) is 0. The third-order valence-corrected chi connectivity index (χ3v) is 2.88. The molecule has 1 rings (SSSR count). The van der Waals surface area contributed by atoms with Gasteiger partial charge in [-0.1, -0.05) is 22.9 Å². The molecule has 0 saturated carbocycles. The summed E-state index contributed by atoms with van der Waals surface area (Å²) in [5.41, 5.74) is 1.26. The summed E-state index contributed by atoms with van der Waals surface area (Å²) < 4.78 is 5.04. The first-order valence-electron chi connectivity index (χ1n) is 4.39. The molecule has 0 aliphatic carbocycles. The van der Waals surface area contributed by atoms with Gasteiger partial charge in [-0.15, -0.1) is 0 Å². The van der Waals surface area contributed by atoms with Crippen LogP contribution >= 0.6 is 15.9 Å². The van der Waals surface area contributed by atoms with Crippen LogP contribution in [0.5, 0.6) is 5.88 Å². The molecule has 1 aromatic heterocycles. The van der Waals surface area contributed by atoms with Gasteiger partial charge in [-0.2, -0.15) is 0 Å². The first-order chi connectivity index (χ1) is 6.26.